The second kappa shape index (κ2) is 7.63. The van der Waals surface area contributed by atoms with Crippen molar-refractivity contribution in [3.63, 3.8) is 0 Å². The SMILES string of the molecule is Cc1cc(/C=C/C(=O)NC(C)CO)c(C)n1C1CCCCC1. The van der Waals surface area contributed by atoms with Gasteiger partial charge in [0.2, 0.25) is 5.91 Å². The Morgan fingerprint density at radius 3 is 2.73 bits per heavy atom. The Hall–Kier alpha value is -1.55. The van der Waals surface area contributed by atoms with Gasteiger partial charge in [-0.25, -0.2) is 0 Å². The maximum absolute atomic E-state index is 11.8. The molecular weight excluding hydrogens is 276 g/mol. The molecule has 1 aromatic heterocycles. The van der Waals surface area contributed by atoms with Crippen molar-refractivity contribution in [3.8, 4) is 0 Å². The Morgan fingerprint density at radius 2 is 2.09 bits per heavy atom. The van der Waals surface area contributed by atoms with Crippen molar-refractivity contribution in [1.29, 1.82) is 0 Å². The average molecular weight is 304 g/mol. The molecular formula is C18H28N2O2. The van der Waals surface area contributed by atoms with Crippen LogP contribution in [0.15, 0.2) is 12.1 Å². The minimum atomic E-state index is -0.216. The van der Waals surface area contributed by atoms with E-state index in [1.165, 1.54) is 43.5 Å². The average Bonchev–Trinajstić information content (AvgIpc) is 2.80. The quantitative estimate of drug-likeness (QED) is 0.821. The van der Waals surface area contributed by atoms with Gasteiger partial charge in [-0.3, -0.25) is 4.79 Å². The van der Waals surface area contributed by atoms with Gasteiger partial charge >= 0.3 is 0 Å². The van der Waals surface area contributed by atoms with Crippen LogP contribution >= 0.6 is 0 Å². The van der Waals surface area contributed by atoms with Crippen LogP contribution in [0.3, 0.4) is 0 Å². The van der Waals surface area contributed by atoms with Crippen LogP contribution in [0, 0.1) is 13.8 Å². The number of aryl methyl sites for hydroxylation is 1. The second-order valence-electron chi connectivity index (χ2n) is 6.41. The molecule has 0 radical (unpaired) electrons. The third-order valence-electron chi connectivity index (χ3n) is 4.54. The van der Waals surface area contributed by atoms with E-state index in [0.29, 0.717) is 6.04 Å². The Kier molecular flexibility index (Phi) is 5.83. The molecule has 0 aromatic carbocycles. The maximum Gasteiger partial charge on any atom is 0.244 e. The number of amides is 1. The normalized spacial score (nSPS) is 17.8. The maximum atomic E-state index is 11.8. The lowest BCUT2D eigenvalue weighted by molar-refractivity contribution is -0.117. The summed E-state index contributed by atoms with van der Waals surface area (Å²) in [6, 6.07) is 2.55. The molecule has 0 aliphatic heterocycles. The first kappa shape index (κ1) is 16.8. The molecule has 0 saturated heterocycles. The zero-order valence-corrected chi connectivity index (χ0v) is 13.9. The summed E-state index contributed by atoms with van der Waals surface area (Å²) in [5.74, 6) is -0.163. The minimum Gasteiger partial charge on any atom is -0.394 e. The van der Waals surface area contributed by atoms with Crippen LogP contribution in [0.4, 0.5) is 0 Å². The first-order valence-corrected chi connectivity index (χ1v) is 8.30. The van der Waals surface area contributed by atoms with Crippen molar-refractivity contribution >= 4 is 12.0 Å². The van der Waals surface area contributed by atoms with Crippen LogP contribution < -0.4 is 5.32 Å². The van der Waals surface area contributed by atoms with Crippen LogP contribution in [0.5, 0.6) is 0 Å². The van der Waals surface area contributed by atoms with Crippen molar-refractivity contribution in [3.05, 3.63) is 29.1 Å². The summed E-state index contributed by atoms with van der Waals surface area (Å²) >= 11 is 0. The predicted molar refractivity (Wildman–Crippen MR) is 89.8 cm³/mol. The van der Waals surface area contributed by atoms with Crippen molar-refractivity contribution < 1.29 is 9.90 Å². The molecule has 0 spiro atoms. The summed E-state index contributed by atoms with van der Waals surface area (Å²) in [6.07, 6.45) is 9.93. The number of nitrogens with zero attached hydrogens (tertiary/aromatic N) is 1. The Bertz CT molecular complexity index is 540. The molecule has 1 atom stereocenters. The standard InChI is InChI=1S/C18H28N2O2/c1-13(12-21)19-18(22)10-9-16-11-14(2)20(15(16)3)17-7-5-4-6-8-17/h9-11,13,17,21H,4-8,12H2,1-3H3,(H,19,22)/b10-9+. The fraction of sp³-hybridized carbons (Fsp3) is 0.611. The molecule has 1 saturated carbocycles. The molecule has 1 heterocycles. The summed E-state index contributed by atoms with van der Waals surface area (Å²) in [7, 11) is 0. The molecule has 1 aliphatic carbocycles. The molecule has 1 aliphatic rings. The van der Waals surface area contributed by atoms with E-state index in [4.69, 9.17) is 5.11 Å². The number of carbonyl (C=O) groups excluding carboxylic acids is 1. The number of aliphatic hydroxyl groups excluding tert-OH is 1. The number of hydrogen-bond acceptors (Lipinski definition) is 2. The van der Waals surface area contributed by atoms with Gasteiger partial charge in [0.25, 0.3) is 0 Å². The van der Waals surface area contributed by atoms with Gasteiger partial charge in [0.05, 0.1) is 6.61 Å². The van der Waals surface area contributed by atoms with Gasteiger partial charge in [0.15, 0.2) is 0 Å². The number of hydrogen-bond donors (Lipinski definition) is 2. The van der Waals surface area contributed by atoms with Crippen molar-refractivity contribution in [2.45, 2.75) is 65.0 Å². The predicted octanol–water partition coefficient (Wildman–Crippen LogP) is 3.12. The van der Waals surface area contributed by atoms with Crippen molar-refractivity contribution in [2.24, 2.45) is 0 Å². The largest absolute Gasteiger partial charge is 0.394 e. The zero-order chi connectivity index (χ0) is 16.1. The molecule has 1 unspecified atom stereocenters. The van der Waals surface area contributed by atoms with Crippen LogP contribution in [0.25, 0.3) is 6.08 Å². The second-order valence-corrected chi connectivity index (χ2v) is 6.41. The summed E-state index contributed by atoms with van der Waals surface area (Å²) in [6.45, 7) is 6.01. The highest BCUT2D eigenvalue weighted by Crippen LogP contribution is 2.32. The summed E-state index contributed by atoms with van der Waals surface area (Å²) in [4.78, 5) is 11.8. The molecule has 2 N–H and O–H groups in total. The lowest BCUT2D eigenvalue weighted by atomic mass is 9.95. The fourth-order valence-corrected chi connectivity index (χ4v) is 3.37. The first-order chi connectivity index (χ1) is 10.5. The van der Waals surface area contributed by atoms with E-state index >= 15 is 0 Å². The molecule has 1 aromatic rings. The van der Waals surface area contributed by atoms with Gasteiger partial charge in [0, 0.05) is 29.5 Å². The first-order valence-electron chi connectivity index (χ1n) is 8.30. The summed E-state index contributed by atoms with van der Waals surface area (Å²) in [5, 5.41) is 11.7. The molecule has 2 rings (SSSR count). The highest BCUT2D eigenvalue weighted by atomic mass is 16.3. The summed E-state index contributed by atoms with van der Waals surface area (Å²) < 4.78 is 2.44. The molecule has 22 heavy (non-hydrogen) atoms. The number of aliphatic hydroxyl groups is 1. The van der Waals surface area contributed by atoms with E-state index in [0.717, 1.165) is 5.56 Å². The smallest absolute Gasteiger partial charge is 0.244 e. The molecule has 1 fully saturated rings. The van der Waals surface area contributed by atoms with E-state index in [1.54, 1.807) is 13.0 Å². The van der Waals surface area contributed by atoms with Gasteiger partial charge in [-0.2, -0.15) is 0 Å². The topological polar surface area (TPSA) is 54.3 Å². The van der Waals surface area contributed by atoms with Crippen LogP contribution in [0.2, 0.25) is 0 Å². The van der Waals surface area contributed by atoms with E-state index in [1.807, 2.05) is 6.08 Å². The monoisotopic (exact) mass is 304 g/mol. The van der Waals surface area contributed by atoms with Gasteiger partial charge in [0.1, 0.15) is 0 Å². The van der Waals surface area contributed by atoms with E-state index in [9.17, 15) is 4.79 Å². The molecule has 4 nitrogen and oxygen atoms in total. The van der Waals surface area contributed by atoms with Crippen LogP contribution in [-0.2, 0) is 4.79 Å². The molecule has 0 bridgehead atoms. The number of carbonyl (C=O) groups is 1. The molecule has 4 heteroatoms. The van der Waals surface area contributed by atoms with E-state index < -0.39 is 0 Å². The Balaban J connectivity index is 2.10. The molecule has 1 amide bonds. The van der Waals surface area contributed by atoms with Gasteiger partial charge < -0.3 is 15.0 Å². The zero-order valence-electron chi connectivity index (χ0n) is 13.9. The number of nitrogens with one attached hydrogen (secondary N) is 1. The highest BCUT2D eigenvalue weighted by Gasteiger charge is 2.19. The van der Waals surface area contributed by atoms with Gasteiger partial charge in [-0.15, -0.1) is 0 Å². The van der Waals surface area contributed by atoms with E-state index in [2.05, 4.69) is 29.8 Å². The van der Waals surface area contributed by atoms with Crippen molar-refractivity contribution in [2.75, 3.05) is 6.61 Å². The van der Waals surface area contributed by atoms with Gasteiger partial charge in [-0.05, 0) is 51.3 Å². The Morgan fingerprint density at radius 1 is 1.41 bits per heavy atom. The van der Waals surface area contributed by atoms with Crippen molar-refractivity contribution in [1.82, 2.24) is 9.88 Å². The third kappa shape index (κ3) is 4.01. The number of rotatable bonds is 5. The Labute approximate surface area is 133 Å². The minimum absolute atomic E-state index is 0.0459. The van der Waals surface area contributed by atoms with Crippen LogP contribution in [0.1, 0.15) is 62.0 Å². The van der Waals surface area contributed by atoms with E-state index in [-0.39, 0.29) is 18.6 Å². The highest BCUT2D eigenvalue weighted by molar-refractivity contribution is 5.92. The third-order valence-corrected chi connectivity index (χ3v) is 4.54. The fourth-order valence-electron chi connectivity index (χ4n) is 3.37. The van der Waals surface area contributed by atoms with Crippen LogP contribution in [-0.4, -0.2) is 28.2 Å². The lowest BCUT2D eigenvalue weighted by Crippen LogP contribution is -2.33. The lowest BCUT2D eigenvalue weighted by Gasteiger charge is -2.26. The van der Waals surface area contributed by atoms with Gasteiger partial charge in [-0.1, -0.05) is 19.3 Å². The molecule has 122 valence electrons. The number of aromatic nitrogens is 1. The summed E-state index contributed by atoms with van der Waals surface area (Å²) in [5.41, 5.74) is 3.62.